The van der Waals surface area contributed by atoms with Crippen LogP contribution in [0.25, 0.3) is 0 Å². The number of halogens is 1. The van der Waals surface area contributed by atoms with Gasteiger partial charge in [0.25, 0.3) is 0 Å². The second kappa shape index (κ2) is 7.29. The Kier molecular flexibility index (Phi) is 5.69. The summed E-state index contributed by atoms with van der Waals surface area (Å²) in [5.74, 6) is 1.41. The van der Waals surface area contributed by atoms with E-state index in [1.54, 1.807) is 7.11 Å². The van der Waals surface area contributed by atoms with Gasteiger partial charge in [0.15, 0.2) is 11.5 Å². The van der Waals surface area contributed by atoms with Crippen LogP contribution in [0.5, 0.6) is 11.5 Å². The molecule has 0 saturated carbocycles. The molecule has 0 spiro atoms. The van der Waals surface area contributed by atoms with Crippen molar-refractivity contribution in [2.24, 2.45) is 5.92 Å². The molecule has 1 fully saturated rings. The van der Waals surface area contributed by atoms with Gasteiger partial charge in [-0.15, -0.1) is 0 Å². The van der Waals surface area contributed by atoms with Crippen molar-refractivity contribution < 1.29 is 9.84 Å². The van der Waals surface area contributed by atoms with Crippen LogP contribution in [-0.4, -0.2) is 43.3 Å². The Balaban J connectivity index is 1.84. The third kappa shape index (κ3) is 3.87. The van der Waals surface area contributed by atoms with E-state index < -0.39 is 0 Å². The fraction of sp³-hybridized carbons (Fsp3) is 0.600. The highest BCUT2D eigenvalue weighted by molar-refractivity contribution is 9.10. The van der Waals surface area contributed by atoms with Crippen LogP contribution in [0.2, 0.25) is 0 Å². The molecule has 4 nitrogen and oxygen atoms in total. The zero-order valence-electron chi connectivity index (χ0n) is 12.2. The topological polar surface area (TPSA) is 44.7 Å². The van der Waals surface area contributed by atoms with Gasteiger partial charge in [0.2, 0.25) is 0 Å². The van der Waals surface area contributed by atoms with Crippen molar-refractivity contribution in [3.63, 3.8) is 0 Å². The number of phenols is 1. The van der Waals surface area contributed by atoms with Crippen LogP contribution >= 0.6 is 15.9 Å². The Labute approximate surface area is 129 Å². The number of nitrogens with zero attached hydrogens (tertiary/aromatic N) is 1. The van der Waals surface area contributed by atoms with Gasteiger partial charge < -0.3 is 20.1 Å². The minimum absolute atomic E-state index is 0.158. The Hall–Kier alpha value is -0.780. The first-order valence-electron chi connectivity index (χ1n) is 7.12. The highest BCUT2D eigenvalue weighted by atomic mass is 79.9. The van der Waals surface area contributed by atoms with Crippen molar-refractivity contribution in [1.82, 2.24) is 10.2 Å². The van der Waals surface area contributed by atoms with Crippen LogP contribution in [0.3, 0.4) is 0 Å². The Bertz CT molecular complexity index is 454. The normalized spacial score (nSPS) is 19.4. The predicted octanol–water partition coefficient (Wildman–Crippen LogP) is 2.59. The number of methoxy groups -OCH3 is 1. The molecule has 20 heavy (non-hydrogen) atoms. The monoisotopic (exact) mass is 342 g/mol. The number of phenolic OH excluding ortho intramolecular Hbond substituents is 1. The number of hydrogen-bond acceptors (Lipinski definition) is 4. The van der Waals surface area contributed by atoms with Crippen molar-refractivity contribution in [2.45, 2.75) is 19.9 Å². The molecule has 1 atom stereocenters. The summed E-state index contributed by atoms with van der Waals surface area (Å²) in [6.07, 6.45) is 1.28. The van der Waals surface area contributed by atoms with Crippen LogP contribution in [0.15, 0.2) is 16.6 Å². The third-order valence-electron chi connectivity index (χ3n) is 3.89. The summed E-state index contributed by atoms with van der Waals surface area (Å²) in [6.45, 7) is 7.62. The van der Waals surface area contributed by atoms with Crippen molar-refractivity contribution >= 4 is 15.9 Å². The molecule has 0 bridgehead atoms. The minimum atomic E-state index is 0.158. The average molecular weight is 343 g/mol. The van der Waals surface area contributed by atoms with E-state index in [4.69, 9.17) is 4.74 Å². The molecule has 1 saturated heterocycles. The van der Waals surface area contributed by atoms with Crippen molar-refractivity contribution in [3.05, 3.63) is 22.2 Å². The zero-order valence-corrected chi connectivity index (χ0v) is 13.7. The first kappa shape index (κ1) is 15.6. The molecule has 1 aromatic rings. The van der Waals surface area contributed by atoms with Gasteiger partial charge in [-0.2, -0.15) is 0 Å². The lowest BCUT2D eigenvalue weighted by Crippen LogP contribution is -2.26. The number of rotatable bonds is 6. The van der Waals surface area contributed by atoms with Gasteiger partial charge in [-0.05, 0) is 65.6 Å². The van der Waals surface area contributed by atoms with Gasteiger partial charge in [-0.3, -0.25) is 0 Å². The summed E-state index contributed by atoms with van der Waals surface area (Å²) in [5.41, 5.74) is 1.11. The third-order valence-corrected chi connectivity index (χ3v) is 4.49. The summed E-state index contributed by atoms with van der Waals surface area (Å²) in [4.78, 5) is 2.49. The molecule has 1 heterocycles. The van der Waals surface area contributed by atoms with Crippen LogP contribution in [-0.2, 0) is 6.54 Å². The van der Waals surface area contributed by atoms with E-state index in [-0.39, 0.29) is 5.75 Å². The number of benzene rings is 1. The van der Waals surface area contributed by atoms with Crippen molar-refractivity contribution in [3.8, 4) is 11.5 Å². The standard InChI is InChI=1S/C15H23BrN2O2/c1-3-18-5-4-11(10-18)8-17-9-12-6-13(16)15(19)14(7-12)20-2/h6-7,11,17,19H,3-5,8-10H2,1-2H3. The molecule has 1 unspecified atom stereocenters. The minimum Gasteiger partial charge on any atom is -0.503 e. The molecule has 2 rings (SSSR count). The maximum Gasteiger partial charge on any atom is 0.172 e. The van der Waals surface area contributed by atoms with E-state index in [0.29, 0.717) is 10.2 Å². The van der Waals surface area contributed by atoms with Gasteiger partial charge in [-0.1, -0.05) is 6.92 Å². The molecule has 0 aromatic heterocycles. The maximum absolute atomic E-state index is 9.78. The SMILES string of the molecule is CCN1CCC(CNCc2cc(Br)c(O)c(OC)c2)C1. The number of nitrogens with one attached hydrogen (secondary N) is 1. The van der Waals surface area contributed by atoms with Crippen LogP contribution in [0.1, 0.15) is 18.9 Å². The predicted molar refractivity (Wildman–Crippen MR) is 84.3 cm³/mol. The summed E-state index contributed by atoms with van der Waals surface area (Å²) >= 11 is 3.35. The lowest BCUT2D eigenvalue weighted by Gasteiger charge is -2.14. The molecule has 2 N–H and O–H groups in total. The van der Waals surface area contributed by atoms with Crippen LogP contribution in [0.4, 0.5) is 0 Å². The van der Waals surface area contributed by atoms with Crippen LogP contribution < -0.4 is 10.1 Å². The maximum atomic E-state index is 9.78. The van der Waals surface area contributed by atoms with Crippen LogP contribution in [0, 0.1) is 5.92 Å². The van der Waals surface area contributed by atoms with Gasteiger partial charge >= 0.3 is 0 Å². The summed E-state index contributed by atoms with van der Waals surface area (Å²) in [6, 6.07) is 3.80. The molecule has 0 amide bonds. The highest BCUT2D eigenvalue weighted by Gasteiger charge is 2.20. The molecular weight excluding hydrogens is 320 g/mol. The molecule has 1 aromatic carbocycles. The number of ether oxygens (including phenoxy) is 1. The molecule has 1 aliphatic heterocycles. The number of hydrogen-bond donors (Lipinski definition) is 2. The van der Waals surface area contributed by atoms with E-state index in [1.807, 2.05) is 12.1 Å². The first-order valence-corrected chi connectivity index (χ1v) is 7.91. The molecule has 0 radical (unpaired) electrons. The van der Waals surface area contributed by atoms with E-state index in [2.05, 4.69) is 33.1 Å². The largest absolute Gasteiger partial charge is 0.503 e. The second-order valence-corrected chi connectivity index (χ2v) is 6.16. The zero-order chi connectivity index (χ0) is 14.5. The van der Waals surface area contributed by atoms with Gasteiger partial charge in [0.1, 0.15) is 0 Å². The van der Waals surface area contributed by atoms with Gasteiger partial charge in [0, 0.05) is 13.1 Å². The number of aromatic hydroxyl groups is 1. The van der Waals surface area contributed by atoms with Gasteiger partial charge in [0.05, 0.1) is 11.6 Å². The van der Waals surface area contributed by atoms with Gasteiger partial charge in [-0.25, -0.2) is 0 Å². The Morgan fingerprint density at radius 2 is 2.30 bits per heavy atom. The second-order valence-electron chi connectivity index (χ2n) is 5.31. The summed E-state index contributed by atoms with van der Waals surface area (Å²) < 4.78 is 5.83. The molecule has 5 heteroatoms. The lowest BCUT2D eigenvalue weighted by atomic mass is 10.1. The molecule has 112 valence electrons. The average Bonchev–Trinajstić information content (AvgIpc) is 2.90. The molecule has 1 aliphatic rings. The smallest absolute Gasteiger partial charge is 0.172 e. The van der Waals surface area contributed by atoms with E-state index in [1.165, 1.54) is 19.5 Å². The molecular formula is C15H23BrN2O2. The molecule has 0 aliphatic carbocycles. The Morgan fingerprint density at radius 3 is 2.95 bits per heavy atom. The summed E-state index contributed by atoms with van der Waals surface area (Å²) in [7, 11) is 1.57. The Morgan fingerprint density at radius 1 is 1.50 bits per heavy atom. The van der Waals surface area contributed by atoms with Crippen molar-refractivity contribution in [1.29, 1.82) is 0 Å². The highest BCUT2D eigenvalue weighted by Crippen LogP contribution is 2.35. The fourth-order valence-electron chi connectivity index (χ4n) is 2.67. The van der Waals surface area contributed by atoms with E-state index in [9.17, 15) is 5.11 Å². The first-order chi connectivity index (χ1) is 9.63. The fourth-order valence-corrected chi connectivity index (χ4v) is 3.16. The summed E-state index contributed by atoms with van der Waals surface area (Å²) in [5, 5.41) is 13.3. The number of likely N-dealkylation sites (tertiary alicyclic amines) is 1. The van der Waals surface area contributed by atoms with E-state index >= 15 is 0 Å². The van der Waals surface area contributed by atoms with E-state index in [0.717, 1.165) is 31.1 Å². The van der Waals surface area contributed by atoms with Crippen molar-refractivity contribution in [2.75, 3.05) is 33.3 Å². The quantitative estimate of drug-likeness (QED) is 0.833. The lowest BCUT2D eigenvalue weighted by molar-refractivity contribution is 0.338.